The number of ether oxygens (including phenoxy) is 2. The highest BCUT2D eigenvalue weighted by Crippen LogP contribution is 2.19. The molecule has 7 heteroatoms. The van der Waals surface area contributed by atoms with E-state index >= 15 is 0 Å². The topological polar surface area (TPSA) is 76.7 Å². The highest BCUT2D eigenvalue weighted by Gasteiger charge is 2.26. The predicted molar refractivity (Wildman–Crippen MR) is 50.9 cm³/mol. The molecular formula is C7H16N2O4S. The Kier molecular flexibility index (Phi) is 4.27. The normalized spacial score (nSPS) is 17.6. The second-order valence-corrected chi connectivity index (χ2v) is 4.68. The van der Waals surface area contributed by atoms with Gasteiger partial charge in [-0.05, 0) is 12.8 Å². The molecule has 1 aliphatic rings. The number of methoxy groups -OCH3 is 2. The Morgan fingerprint density at radius 2 is 1.93 bits per heavy atom. The van der Waals surface area contributed by atoms with Crippen molar-refractivity contribution in [2.24, 2.45) is 0 Å². The summed E-state index contributed by atoms with van der Waals surface area (Å²) >= 11 is 0. The van der Waals surface area contributed by atoms with E-state index < -0.39 is 16.5 Å². The molecule has 2 N–H and O–H groups in total. The molecule has 0 heterocycles. The molecule has 6 nitrogen and oxygen atoms in total. The minimum absolute atomic E-state index is 0.106. The third-order valence-electron chi connectivity index (χ3n) is 1.86. The van der Waals surface area contributed by atoms with Crippen LogP contribution in [0.2, 0.25) is 0 Å². The fourth-order valence-corrected chi connectivity index (χ4v) is 2.02. The quantitative estimate of drug-likeness (QED) is 0.555. The van der Waals surface area contributed by atoms with Crippen LogP contribution in [0.1, 0.15) is 12.8 Å². The van der Waals surface area contributed by atoms with Crippen molar-refractivity contribution in [1.29, 1.82) is 0 Å². The van der Waals surface area contributed by atoms with E-state index in [-0.39, 0.29) is 12.6 Å². The second-order valence-electron chi connectivity index (χ2n) is 3.14. The first-order chi connectivity index (χ1) is 6.57. The molecule has 1 aliphatic carbocycles. The summed E-state index contributed by atoms with van der Waals surface area (Å²) < 4.78 is 37.1. The molecule has 1 fully saturated rings. The van der Waals surface area contributed by atoms with E-state index in [0.717, 1.165) is 12.8 Å². The van der Waals surface area contributed by atoms with Crippen LogP contribution in [0.25, 0.3) is 0 Å². The maximum Gasteiger partial charge on any atom is 0.277 e. The molecule has 0 aliphatic heterocycles. The van der Waals surface area contributed by atoms with Gasteiger partial charge in [0.25, 0.3) is 10.2 Å². The van der Waals surface area contributed by atoms with Crippen LogP contribution in [0.15, 0.2) is 0 Å². The van der Waals surface area contributed by atoms with Crippen LogP contribution in [0.5, 0.6) is 0 Å². The lowest BCUT2D eigenvalue weighted by molar-refractivity contribution is -0.0961. The van der Waals surface area contributed by atoms with Gasteiger partial charge in [-0.1, -0.05) is 0 Å². The molecule has 0 aromatic heterocycles. The van der Waals surface area contributed by atoms with Gasteiger partial charge < -0.3 is 9.47 Å². The molecule has 0 aromatic carbocycles. The summed E-state index contributed by atoms with van der Waals surface area (Å²) in [6, 6.07) is 0.107. The van der Waals surface area contributed by atoms with E-state index in [2.05, 4.69) is 9.44 Å². The van der Waals surface area contributed by atoms with Gasteiger partial charge in [-0.2, -0.15) is 17.9 Å². The van der Waals surface area contributed by atoms with E-state index in [1.54, 1.807) is 0 Å². The molecular weight excluding hydrogens is 208 g/mol. The van der Waals surface area contributed by atoms with Crippen molar-refractivity contribution < 1.29 is 17.9 Å². The third-order valence-corrected chi connectivity index (χ3v) is 3.06. The van der Waals surface area contributed by atoms with E-state index in [0.29, 0.717) is 0 Å². The van der Waals surface area contributed by atoms with Gasteiger partial charge in [0.15, 0.2) is 6.29 Å². The lowest BCUT2D eigenvalue weighted by atomic mass is 10.6. The van der Waals surface area contributed by atoms with Gasteiger partial charge >= 0.3 is 0 Å². The molecule has 0 saturated heterocycles. The number of nitrogens with one attached hydrogen (secondary N) is 2. The summed E-state index contributed by atoms with van der Waals surface area (Å²) in [5.74, 6) is 0. The zero-order chi connectivity index (χ0) is 10.6. The maximum absolute atomic E-state index is 11.3. The first-order valence-corrected chi connectivity index (χ1v) is 5.88. The van der Waals surface area contributed by atoms with Crippen molar-refractivity contribution in [2.75, 3.05) is 20.8 Å². The van der Waals surface area contributed by atoms with E-state index in [4.69, 9.17) is 9.47 Å². The van der Waals surface area contributed by atoms with Gasteiger partial charge in [0.2, 0.25) is 0 Å². The molecule has 1 saturated carbocycles. The van der Waals surface area contributed by atoms with E-state index in [1.165, 1.54) is 14.2 Å². The molecule has 0 bridgehead atoms. The van der Waals surface area contributed by atoms with Crippen molar-refractivity contribution >= 4 is 10.2 Å². The summed E-state index contributed by atoms with van der Waals surface area (Å²) in [4.78, 5) is 0. The summed E-state index contributed by atoms with van der Waals surface area (Å²) in [5, 5.41) is 0. The van der Waals surface area contributed by atoms with E-state index in [1.807, 2.05) is 0 Å². The highest BCUT2D eigenvalue weighted by atomic mass is 32.2. The van der Waals surface area contributed by atoms with Crippen molar-refractivity contribution in [3.05, 3.63) is 0 Å². The maximum atomic E-state index is 11.3. The molecule has 0 spiro atoms. The number of hydrogen-bond donors (Lipinski definition) is 2. The fourth-order valence-electron chi connectivity index (χ4n) is 0.903. The molecule has 0 unspecified atom stereocenters. The van der Waals surface area contributed by atoms with Crippen LogP contribution in [0, 0.1) is 0 Å². The van der Waals surface area contributed by atoms with Gasteiger partial charge in [0.1, 0.15) is 0 Å². The standard InChI is InChI=1S/C7H16N2O4S/c1-12-7(13-2)5-8-14(10,11)9-6-3-4-6/h6-9H,3-5H2,1-2H3. The Labute approximate surface area is 84.1 Å². The molecule has 0 amide bonds. The third kappa shape index (κ3) is 4.34. The molecule has 0 radical (unpaired) electrons. The predicted octanol–water partition coefficient (Wildman–Crippen LogP) is -0.808. The Morgan fingerprint density at radius 1 is 1.36 bits per heavy atom. The molecule has 0 atom stereocenters. The lowest BCUT2D eigenvalue weighted by Gasteiger charge is -2.14. The summed E-state index contributed by atoms with van der Waals surface area (Å²) in [7, 11) is -0.483. The van der Waals surface area contributed by atoms with Gasteiger partial charge in [0.05, 0.1) is 6.54 Å². The lowest BCUT2D eigenvalue weighted by Crippen LogP contribution is -2.42. The summed E-state index contributed by atoms with van der Waals surface area (Å²) in [6.45, 7) is 0.106. The van der Waals surface area contributed by atoms with Gasteiger partial charge in [-0.25, -0.2) is 0 Å². The molecule has 0 aromatic rings. The first-order valence-electron chi connectivity index (χ1n) is 4.40. The Bertz CT molecular complexity index is 259. The Hall–Kier alpha value is -0.210. The van der Waals surface area contributed by atoms with Crippen LogP contribution in [0.3, 0.4) is 0 Å². The molecule has 84 valence electrons. The van der Waals surface area contributed by atoms with Crippen molar-refractivity contribution in [1.82, 2.24) is 9.44 Å². The highest BCUT2D eigenvalue weighted by molar-refractivity contribution is 7.87. The van der Waals surface area contributed by atoms with Crippen LogP contribution in [0.4, 0.5) is 0 Å². The Morgan fingerprint density at radius 3 is 2.36 bits per heavy atom. The van der Waals surface area contributed by atoms with Crippen LogP contribution in [-0.2, 0) is 19.7 Å². The summed E-state index contributed by atoms with van der Waals surface area (Å²) in [6.07, 6.45) is 1.28. The summed E-state index contributed by atoms with van der Waals surface area (Å²) in [5.41, 5.74) is 0. The molecule has 1 rings (SSSR count). The minimum Gasteiger partial charge on any atom is -0.355 e. The van der Waals surface area contributed by atoms with Crippen LogP contribution >= 0.6 is 0 Å². The van der Waals surface area contributed by atoms with Gasteiger partial charge in [-0.3, -0.25) is 0 Å². The SMILES string of the molecule is COC(CNS(=O)(=O)NC1CC1)OC. The fraction of sp³-hybridized carbons (Fsp3) is 1.00. The first kappa shape index (κ1) is 11.9. The number of rotatable bonds is 7. The average Bonchev–Trinajstić information content (AvgIpc) is 2.89. The minimum atomic E-state index is -3.39. The van der Waals surface area contributed by atoms with Crippen molar-refractivity contribution in [3.8, 4) is 0 Å². The van der Waals surface area contributed by atoms with Gasteiger partial charge in [0, 0.05) is 20.3 Å². The van der Waals surface area contributed by atoms with Crippen molar-refractivity contribution in [2.45, 2.75) is 25.2 Å². The van der Waals surface area contributed by atoms with E-state index in [9.17, 15) is 8.42 Å². The van der Waals surface area contributed by atoms with Gasteiger partial charge in [-0.15, -0.1) is 0 Å². The van der Waals surface area contributed by atoms with Crippen LogP contribution in [-0.4, -0.2) is 41.5 Å². The monoisotopic (exact) mass is 224 g/mol. The number of hydrogen-bond acceptors (Lipinski definition) is 4. The zero-order valence-electron chi connectivity index (χ0n) is 8.32. The Balaban J connectivity index is 2.27. The second kappa shape index (κ2) is 5.04. The average molecular weight is 224 g/mol. The van der Waals surface area contributed by atoms with Crippen molar-refractivity contribution in [3.63, 3.8) is 0 Å². The largest absolute Gasteiger partial charge is 0.355 e. The zero-order valence-corrected chi connectivity index (χ0v) is 9.13. The smallest absolute Gasteiger partial charge is 0.277 e. The van der Waals surface area contributed by atoms with Crippen LogP contribution < -0.4 is 9.44 Å². The molecule has 14 heavy (non-hydrogen) atoms.